The molecule has 1 aliphatic heterocycles. The highest BCUT2D eigenvalue weighted by molar-refractivity contribution is 6.76. The van der Waals surface area contributed by atoms with Gasteiger partial charge in [0.2, 0.25) is 5.88 Å². The molecule has 39 heavy (non-hydrogen) atoms. The van der Waals surface area contributed by atoms with Crippen molar-refractivity contribution < 1.29 is 19.1 Å². The zero-order chi connectivity index (χ0) is 28.3. The van der Waals surface area contributed by atoms with Gasteiger partial charge in [0.25, 0.3) is 0 Å². The SMILES string of the molecule is COc1ncc([C@H]2CC[C@H](C)CN2C(=O)C(=O)Nc2cnc(N)c3cnn(COCC[Si](C)(C)C)c23)cc1C. The Morgan fingerprint density at radius 1 is 1.18 bits per heavy atom. The van der Waals surface area contributed by atoms with E-state index >= 15 is 0 Å². The van der Waals surface area contributed by atoms with Gasteiger partial charge in [-0.1, -0.05) is 26.6 Å². The molecule has 0 spiro atoms. The Labute approximate surface area is 230 Å². The second-order valence-electron chi connectivity index (χ2n) is 11.5. The van der Waals surface area contributed by atoms with Crippen molar-refractivity contribution in [3.05, 3.63) is 35.8 Å². The Balaban J connectivity index is 1.55. The molecular formula is C27H39N7O4Si. The minimum atomic E-state index is -1.24. The number of carbonyl (C=O) groups is 2. The van der Waals surface area contributed by atoms with Gasteiger partial charge in [-0.25, -0.2) is 14.6 Å². The summed E-state index contributed by atoms with van der Waals surface area (Å²) < 4.78 is 12.8. The van der Waals surface area contributed by atoms with E-state index in [0.29, 0.717) is 35.6 Å². The average molecular weight is 554 g/mol. The van der Waals surface area contributed by atoms with Gasteiger partial charge in [-0.3, -0.25) is 9.59 Å². The molecule has 11 nitrogen and oxygen atoms in total. The van der Waals surface area contributed by atoms with Crippen LogP contribution in [0.25, 0.3) is 10.9 Å². The van der Waals surface area contributed by atoms with Crippen LogP contribution in [-0.2, 0) is 21.1 Å². The van der Waals surface area contributed by atoms with E-state index in [4.69, 9.17) is 15.2 Å². The summed E-state index contributed by atoms with van der Waals surface area (Å²) in [6.45, 7) is 12.1. The number of nitrogens with two attached hydrogens (primary N) is 1. The van der Waals surface area contributed by atoms with Gasteiger partial charge < -0.3 is 25.4 Å². The van der Waals surface area contributed by atoms with Crippen molar-refractivity contribution in [2.24, 2.45) is 5.92 Å². The number of likely N-dealkylation sites (tertiary alicyclic amines) is 1. The number of fused-ring (bicyclic) bond motifs is 1. The number of nitrogens with zero attached hydrogens (tertiary/aromatic N) is 5. The van der Waals surface area contributed by atoms with Gasteiger partial charge in [0.05, 0.1) is 42.1 Å². The number of aryl methyl sites for hydroxylation is 1. The Bertz CT molecular complexity index is 1350. The molecule has 12 heteroatoms. The standard InChI is InChI=1S/C27H39N7O4Si/c1-17-7-8-22(19-11-18(2)26(37-3)30-12-19)33(15-17)27(36)25(35)32-21-14-29-24(28)20-13-31-34(23(20)21)16-38-9-10-39(4,5)6/h11-14,17,22H,7-10,15-16H2,1-6H3,(H2,28,29)(H,32,35)/t17-,22+/m0/s1. The number of piperidine rings is 1. The minimum Gasteiger partial charge on any atom is -0.481 e. The first kappa shape index (κ1) is 28.5. The van der Waals surface area contributed by atoms with Crippen molar-refractivity contribution >= 4 is 42.3 Å². The van der Waals surface area contributed by atoms with E-state index in [1.807, 2.05) is 13.0 Å². The highest BCUT2D eigenvalue weighted by Crippen LogP contribution is 2.35. The number of rotatable bonds is 8. The molecule has 2 atom stereocenters. The van der Waals surface area contributed by atoms with E-state index in [0.717, 1.165) is 30.0 Å². The molecule has 210 valence electrons. The van der Waals surface area contributed by atoms with Gasteiger partial charge in [0, 0.05) is 33.0 Å². The summed E-state index contributed by atoms with van der Waals surface area (Å²) in [4.78, 5) is 37.1. The maximum atomic E-state index is 13.6. The highest BCUT2D eigenvalue weighted by atomic mass is 28.3. The largest absolute Gasteiger partial charge is 0.481 e. The smallest absolute Gasteiger partial charge is 0.314 e. The minimum absolute atomic E-state index is 0.198. The third kappa shape index (κ3) is 6.56. The normalized spacial score (nSPS) is 17.8. The molecule has 3 aromatic heterocycles. The quantitative estimate of drug-likeness (QED) is 0.243. The topological polar surface area (TPSA) is 137 Å². The monoisotopic (exact) mass is 553 g/mol. The molecule has 3 N–H and O–H groups in total. The predicted molar refractivity (Wildman–Crippen MR) is 153 cm³/mol. The lowest BCUT2D eigenvalue weighted by atomic mass is 9.90. The fourth-order valence-electron chi connectivity index (χ4n) is 4.85. The van der Waals surface area contributed by atoms with Crippen molar-refractivity contribution in [3.8, 4) is 5.88 Å². The molecule has 0 saturated carbocycles. The second kappa shape index (κ2) is 11.7. The number of nitrogen functional groups attached to an aromatic ring is 1. The van der Waals surface area contributed by atoms with Crippen LogP contribution in [-0.4, -0.2) is 64.8 Å². The fraction of sp³-hybridized carbons (Fsp3) is 0.519. The van der Waals surface area contributed by atoms with E-state index in [1.54, 1.807) is 29.1 Å². The summed E-state index contributed by atoms with van der Waals surface area (Å²) in [7, 11) is 0.334. The molecule has 3 aromatic rings. The first-order valence-electron chi connectivity index (χ1n) is 13.3. The molecule has 2 amide bonds. The highest BCUT2D eigenvalue weighted by Gasteiger charge is 2.35. The number of aromatic nitrogens is 4. The molecule has 1 aliphatic rings. The van der Waals surface area contributed by atoms with Crippen molar-refractivity contribution in [1.82, 2.24) is 24.6 Å². The van der Waals surface area contributed by atoms with E-state index < -0.39 is 19.9 Å². The van der Waals surface area contributed by atoms with Crippen LogP contribution in [0.2, 0.25) is 25.7 Å². The van der Waals surface area contributed by atoms with E-state index in [2.05, 4.69) is 46.9 Å². The number of nitrogens with one attached hydrogen (secondary N) is 1. The van der Waals surface area contributed by atoms with Crippen LogP contribution in [0, 0.1) is 12.8 Å². The summed E-state index contributed by atoms with van der Waals surface area (Å²) in [6, 6.07) is 2.73. The zero-order valence-corrected chi connectivity index (χ0v) is 24.7. The van der Waals surface area contributed by atoms with Crippen LogP contribution in [0.15, 0.2) is 24.7 Å². The molecule has 0 radical (unpaired) electrons. The van der Waals surface area contributed by atoms with Gasteiger partial charge in [-0.05, 0) is 43.4 Å². The van der Waals surface area contributed by atoms with Crippen LogP contribution in [0.4, 0.5) is 11.5 Å². The van der Waals surface area contributed by atoms with Crippen molar-refractivity contribution in [3.63, 3.8) is 0 Å². The van der Waals surface area contributed by atoms with Gasteiger partial charge >= 0.3 is 11.8 Å². The first-order chi connectivity index (χ1) is 18.5. The van der Waals surface area contributed by atoms with Gasteiger partial charge in [-0.15, -0.1) is 0 Å². The first-order valence-corrected chi connectivity index (χ1v) is 17.0. The van der Waals surface area contributed by atoms with Crippen molar-refractivity contribution in [2.45, 2.75) is 65.1 Å². The Morgan fingerprint density at radius 2 is 1.95 bits per heavy atom. The van der Waals surface area contributed by atoms with Crippen LogP contribution in [0.1, 0.15) is 36.9 Å². The number of pyridine rings is 2. The molecule has 4 rings (SSSR count). The van der Waals surface area contributed by atoms with Gasteiger partial charge in [0.15, 0.2) is 0 Å². The number of carbonyl (C=O) groups excluding carboxylic acids is 2. The van der Waals surface area contributed by atoms with Crippen LogP contribution < -0.4 is 15.8 Å². The molecular weight excluding hydrogens is 514 g/mol. The lowest BCUT2D eigenvalue weighted by molar-refractivity contribution is -0.146. The number of hydrogen-bond donors (Lipinski definition) is 2. The molecule has 0 bridgehead atoms. The summed E-state index contributed by atoms with van der Waals surface area (Å²) in [5.41, 5.74) is 8.76. The Morgan fingerprint density at radius 3 is 2.64 bits per heavy atom. The number of anilines is 2. The maximum absolute atomic E-state index is 13.6. The van der Waals surface area contributed by atoms with Crippen molar-refractivity contribution in [1.29, 1.82) is 0 Å². The summed E-state index contributed by atoms with van der Waals surface area (Å²) in [5, 5.41) is 7.75. The summed E-state index contributed by atoms with van der Waals surface area (Å²) in [5.74, 6) is -0.255. The van der Waals surface area contributed by atoms with E-state index in [-0.39, 0.29) is 24.5 Å². The Kier molecular flexibility index (Phi) is 8.55. The third-order valence-electron chi connectivity index (χ3n) is 7.06. The molecule has 1 fully saturated rings. The fourth-order valence-corrected chi connectivity index (χ4v) is 5.61. The number of hydrogen-bond acceptors (Lipinski definition) is 8. The van der Waals surface area contributed by atoms with E-state index in [1.165, 1.54) is 6.20 Å². The average Bonchev–Trinajstić information content (AvgIpc) is 3.32. The van der Waals surface area contributed by atoms with Crippen molar-refractivity contribution in [2.75, 3.05) is 31.3 Å². The Hall–Kier alpha value is -3.51. The number of amides is 2. The predicted octanol–water partition coefficient (Wildman–Crippen LogP) is 3.98. The van der Waals surface area contributed by atoms with E-state index in [9.17, 15) is 9.59 Å². The third-order valence-corrected chi connectivity index (χ3v) is 8.77. The molecule has 0 unspecified atom stereocenters. The second-order valence-corrected chi connectivity index (χ2v) is 17.1. The maximum Gasteiger partial charge on any atom is 0.314 e. The van der Waals surface area contributed by atoms with Gasteiger partial charge in [0.1, 0.15) is 12.5 Å². The zero-order valence-electron chi connectivity index (χ0n) is 23.7. The van der Waals surface area contributed by atoms with Crippen LogP contribution in [0.3, 0.4) is 0 Å². The van der Waals surface area contributed by atoms with Crippen LogP contribution >= 0.6 is 0 Å². The molecule has 0 aliphatic carbocycles. The lowest BCUT2D eigenvalue weighted by Crippen LogP contribution is -2.46. The van der Waals surface area contributed by atoms with Gasteiger partial charge in [-0.2, -0.15) is 5.10 Å². The number of ether oxygens (including phenoxy) is 2. The molecule has 4 heterocycles. The molecule has 1 saturated heterocycles. The molecule has 0 aromatic carbocycles. The van der Waals surface area contributed by atoms with Crippen LogP contribution in [0.5, 0.6) is 5.88 Å². The number of methoxy groups -OCH3 is 1. The lowest BCUT2D eigenvalue weighted by Gasteiger charge is -2.38. The summed E-state index contributed by atoms with van der Waals surface area (Å²) >= 11 is 0. The summed E-state index contributed by atoms with van der Waals surface area (Å²) in [6.07, 6.45) is 6.46.